The Balaban J connectivity index is 1.92. The second kappa shape index (κ2) is 6.29. The highest BCUT2D eigenvalue weighted by molar-refractivity contribution is 7.80. The van der Waals surface area contributed by atoms with Gasteiger partial charge in [-0.2, -0.15) is 13.2 Å². The molecule has 0 saturated carbocycles. The van der Waals surface area contributed by atoms with Crippen LogP contribution in [0.25, 0.3) is 0 Å². The summed E-state index contributed by atoms with van der Waals surface area (Å²) in [5.74, 6) is -1.84. The van der Waals surface area contributed by atoms with Crippen molar-refractivity contribution in [3.8, 4) is 0 Å². The Hall–Kier alpha value is -2.74. The van der Waals surface area contributed by atoms with Gasteiger partial charge in [-0.3, -0.25) is 14.5 Å². The Morgan fingerprint density at radius 2 is 1.60 bits per heavy atom. The molecule has 4 nitrogen and oxygen atoms in total. The van der Waals surface area contributed by atoms with Gasteiger partial charge in [0.2, 0.25) is 0 Å². The largest absolute Gasteiger partial charge is 0.416 e. The molecule has 0 aliphatic carbocycles. The Morgan fingerprint density at radius 1 is 0.920 bits per heavy atom. The van der Waals surface area contributed by atoms with E-state index in [0.29, 0.717) is 0 Å². The summed E-state index contributed by atoms with van der Waals surface area (Å²) in [6.07, 6.45) is -4.56. The van der Waals surface area contributed by atoms with E-state index in [9.17, 15) is 22.8 Å². The lowest BCUT2D eigenvalue weighted by atomic mass is 10.2. The molecular weight excluding hydrogens is 353 g/mol. The van der Waals surface area contributed by atoms with E-state index in [1.54, 1.807) is 30.3 Å². The van der Waals surface area contributed by atoms with Gasteiger partial charge in [-0.1, -0.05) is 36.4 Å². The molecule has 1 aliphatic rings. The summed E-state index contributed by atoms with van der Waals surface area (Å²) in [6.45, 7) is 0.0692. The molecule has 8 heteroatoms. The van der Waals surface area contributed by atoms with Crippen molar-refractivity contribution in [2.75, 3.05) is 4.90 Å². The number of benzene rings is 2. The number of anilines is 1. The van der Waals surface area contributed by atoms with Gasteiger partial charge in [0.05, 0.1) is 17.8 Å². The maximum atomic E-state index is 12.9. The predicted molar refractivity (Wildman–Crippen MR) is 88.5 cm³/mol. The smallest absolute Gasteiger partial charge is 0.276 e. The van der Waals surface area contributed by atoms with Crippen LogP contribution in [0, 0.1) is 0 Å². The zero-order chi connectivity index (χ0) is 18.2. The molecule has 2 aromatic rings. The van der Waals surface area contributed by atoms with Gasteiger partial charge in [-0.25, -0.2) is 4.90 Å². The summed E-state index contributed by atoms with van der Waals surface area (Å²) in [7, 11) is 0. The summed E-state index contributed by atoms with van der Waals surface area (Å²) in [5.41, 5.74) is -0.264. The lowest BCUT2D eigenvalue weighted by Crippen LogP contribution is -2.32. The highest BCUT2D eigenvalue weighted by atomic mass is 32.1. The summed E-state index contributed by atoms with van der Waals surface area (Å²) < 4.78 is 38.6. The number of amides is 2. The normalized spacial score (nSPS) is 15.2. The van der Waals surface area contributed by atoms with E-state index in [0.717, 1.165) is 27.5 Å². The number of hydrogen-bond donors (Lipinski definition) is 0. The third-order valence-corrected chi connectivity index (χ3v) is 4.07. The highest BCUT2D eigenvalue weighted by Crippen LogP contribution is 2.33. The SMILES string of the molecule is O=C1C(=O)N(c2cccc(C(F)(F)F)c2)C(=S)N1Cc1ccccc1. The van der Waals surface area contributed by atoms with E-state index in [1.165, 1.54) is 12.1 Å². The van der Waals surface area contributed by atoms with Crippen LogP contribution in [-0.2, 0) is 22.3 Å². The number of rotatable bonds is 3. The van der Waals surface area contributed by atoms with E-state index in [2.05, 4.69) is 0 Å². The molecule has 2 aromatic carbocycles. The summed E-state index contributed by atoms with van der Waals surface area (Å²) in [5, 5.41) is -0.141. The molecule has 1 fully saturated rings. The number of hydrogen-bond acceptors (Lipinski definition) is 3. The topological polar surface area (TPSA) is 40.6 Å². The molecule has 1 saturated heterocycles. The van der Waals surface area contributed by atoms with Crippen LogP contribution < -0.4 is 4.90 Å². The van der Waals surface area contributed by atoms with Crippen LogP contribution in [0.3, 0.4) is 0 Å². The van der Waals surface area contributed by atoms with Gasteiger partial charge in [0.25, 0.3) is 0 Å². The van der Waals surface area contributed by atoms with Crippen LogP contribution in [0.15, 0.2) is 54.6 Å². The Labute approximate surface area is 146 Å². The lowest BCUT2D eigenvalue weighted by Gasteiger charge is -2.19. The molecule has 1 heterocycles. The van der Waals surface area contributed by atoms with Gasteiger partial charge in [0, 0.05) is 0 Å². The molecule has 0 bridgehead atoms. The standard InChI is InChI=1S/C17H11F3N2O2S/c18-17(19,20)12-7-4-8-13(9-12)22-15(24)14(23)21(16(22)25)10-11-5-2-1-3-6-11/h1-9H,10H2. The van der Waals surface area contributed by atoms with Crippen LogP contribution in [0.2, 0.25) is 0 Å². The monoisotopic (exact) mass is 364 g/mol. The third kappa shape index (κ3) is 3.25. The molecular formula is C17H11F3N2O2S. The highest BCUT2D eigenvalue weighted by Gasteiger charge is 2.43. The average Bonchev–Trinajstić information content (AvgIpc) is 2.79. The molecule has 0 atom stereocenters. The van der Waals surface area contributed by atoms with Gasteiger partial charge >= 0.3 is 18.0 Å². The number of alkyl halides is 3. The zero-order valence-electron chi connectivity index (χ0n) is 12.7. The van der Waals surface area contributed by atoms with Crippen molar-refractivity contribution >= 4 is 34.8 Å². The Bertz CT molecular complexity index is 852. The summed E-state index contributed by atoms with van der Waals surface area (Å²) >= 11 is 5.16. The maximum absolute atomic E-state index is 12.9. The van der Waals surface area contributed by atoms with E-state index in [4.69, 9.17) is 12.2 Å². The Kier molecular flexibility index (Phi) is 4.30. The fraction of sp³-hybridized carbons (Fsp3) is 0.118. The van der Waals surface area contributed by atoms with Gasteiger partial charge in [-0.15, -0.1) is 0 Å². The van der Waals surface area contributed by atoms with Crippen molar-refractivity contribution in [3.05, 3.63) is 65.7 Å². The van der Waals surface area contributed by atoms with Crippen molar-refractivity contribution in [2.45, 2.75) is 12.7 Å². The summed E-state index contributed by atoms with van der Waals surface area (Å²) in [6, 6.07) is 13.0. The van der Waals surface area contributed by atoms with Crippen molar-refractivity contribution in [2.24, 2.45) is 0 Å². The van der Waals surface area contributed by atoms with E-state index < -0.39 is 23.6 Å². The minimum Gasteiger partial charge on any atom is -0.276 e. The first-order valence-electron chi connectivity index (χ1n) is 7.20. The first kappa shape index (κ1) is 17.1. The molecule has 3 rings (SSSR count). The minimum atomic E-state index is -4.56. The molecule has 0 aromatic heterocycles. The fourth-order valence-electron chi connectivity index (χ4n) is 2.46. The molecule has 25 heavy (non-hydrogen) atoms. The number of halogens is 3. The van der Waals surface area contributed by atoms with E-state index in [-0.39, 0.29) is 17.3 Å². The molecule has 0 unspecified atom stereocenters. The quantitative estimate of drug-likeness (QED) is 0.619. The first-order valence-corrected chi connectivity index (χ1v) is 7.61. The van der Waals surface area contributed by atoms with Crippen LogP contribution >= 0.6 is 12.2 Å². The molecule has 0 N–H and O–H groups in total. The lowest BCUT2D eigenvalue weighted by molar-refractivity contribution is -0.139. The van der Waals surface area contributed by atoms with Crippen molar-refractivity contribution in [1.82, 2.24) is 4.90 Å². The van der Waals surface area contributed by atoms with Crippen molar-refractivity contribution in [1.29, 1.82) is 0 Å². The molecule has 0 radical (unpaired) electrons. The first-order chi connectivity index (χ1) is 11.8. The Morgan fingerprint density at radius 3 is 2.24 bits per heavy atom. The van der Waals surface area contributed by atoms with E-state index in [1.807, 2.05) is 0 Å². The van der Waals surface area contributed by atoms with Crippen LogP contribution in [-0.4, -0.2) is 21.8 Å². The van der Waals surface area contributed by atoms with Crippen LogP contribution in [0.4, 0.5) is 18.9 Å². The summed E-state index contributed by atoms with van der Waals surface area (Å²) in [4.78, 5) is 26.4. The maximum Gasteiger partial charge on any atom is 0.416 e. The van der Waals surface area contributed by atoms with Crippen LogP contribution in [0.5, 0.6) is 0 Å². The van der Waals surface area contributed by atoms with Gasteiger partial charge < -0.3 is 0 Å². The molecule has 1 aliphatic heterocycles. The number of carbonyl (C=O) groups is 2. The van der Waals surface area contributed by atoms with Gasteiger partial charge in [0.1, 0.15) is 0 Å². The minimum absolute atomic E-state index is 0.0692. The molecule has 2 amide bonds. The predicted octanol–water partition coefficient (Wildman–Crippen LogP) is 3.37. The zero-order valence-corrected chi connectivity index (χ0v) is 13.5. The fourth-order valence-corrected chi connectivity index (χ4v) is 2.80. The second-order valence-electron chi connectivity index (χ2n) is 5.35. The van der Waals surface area contributed by atoms with Gasteiger partial charge in [-0.05, 0) is 36.0 Å². The number of thiocarbonyl (C=S) groups is 1. The van der Waals surface area contributed by atoms with Crippen molar-refractivity contribution < 1.29 is 22.8 Å². The number of nitrogens with zero attached hydrogens (tertiary/aromatic N) is 2. The van der Waals surface area contributed by atoms with Crippen molar-refractivity contribution in [3.63, 3.8) is 0 Å². The van der Waals surface area contributed by atoms with Gasteiger partial charge in [0.15, 0.2) is 5.11 Å². The average molecular weight is 364 g/mol. The molecule has 0 spiro atoms. The van der Waals surface area contributed by atoms with E-state index >= 15 is 0 Å². The number of carbonyl (C=O) groups excluding carboxylic acids is 2. The third-order valence-electron chi connectivity index (χ3n) is 3.67. The van der Waals surface area contributed by atoms with Crippen LogP contribution in [0.1, 0.15) is 11.1 Å². The molecule has 128 valence electrons. The second-order valence-corrected chi connectivity index (χ2v) is 5.71.